The molecule has 1 aromatic carbocycles. The molecule has 2 aromatic heterocycles. The Morgan fingerprint density at radius 1 is 1.17 bits per heavy atom. The summed E-state index contributed by atoms with van der Waals surface area (Å²) < 4.78 is 34.7. The maximum Gasteiger partial charge on any atom is 0.255 e. The highest BCUT2D eigenvalue weighted by Crippen LogP contribution is 2.32. The van der Waals surface area contributed by atoms with Gasteiger partial charge in [-0.1, -0.05) is 5.92 Å². The van der Waals surface area contributed by atoms with E-state index in [1.54, 1.807) is 26.1 Å². The summed E-state index contributed by atoms with van der Waals surface area (Å²) >= 11 is 0. The Balaban J connectivity index is 1.69. The van der Waals surface area contributed by atoms with Gasteiger partial charge in [-0.25, -0.2) is 13.8 Å². The smallest absolute Gasteiger partial charge is 0.255 e. The molecule has 0 unspecified atom stereocenters. The fourth-order valence-corrected chi connectivity index (χ4v) is 4.03. The number of halogens is 2. The van der Waals surface area contributed by atoms with E-state index in [0.29, 0.717) is 24.5 Å². The maximum atomic E-state index is 14.9. The first-order chi connectivity index (χ1) is 17.2. The predicted octanol–water partition coefficient (Wildman–Crippen LogP) is 5.26. The summed E-state index contributed by atoms with van der Waals surface area (Å²) in [6, 6.07) is 7.79. The van der Waals surface area contributed by atoms with Crippen LogP contribution >= 0.6 is 0 Å². The van der Waals surface area contributed by atoms with E-state index in [-0.39, 0.29) is 16.9 Å². The van der Waals surface area contributed by atoms with Crippen LogP contribution in [0.1, 0.15) is 48.1 Å². The standard InChI is InChI=1S/C28H28F2N4O2/c1-5-6-23-25(34-9-11-36-12-10-34)14-20(17-32-23)21-16-24(22(29)13-18(21)2)33-27(35)19-7-8-31-26(15-19)28(3,4)30/h7-8,13-17H,9-12H2,1-4H3,(H,33,35). The lowest BCUT2D eigenvalue weighted by Crippen LogP contribution is -2.36. The first-order valence-corrected chi connectivity index (χ1v) is 11.7. The molecule has 4 rings (SSSR count). The first kappa shape index (κ1) is 25.3. The number of carbonyl (C=O) groups excluding carboxylic acids is 1. The average Bonchev–Trinajstić information content (AvgIpc) is 2.86. The molecule has 1 aliphatic heterocycles. The number of amides is 1. The number of hydrogen-bond donors (Lipinski definition) is 1. The molecule has 1 saturated heterocycles. The number of pyridine rings is 2. The van der Waals surface area contributed by atoms with Gasteiger partial charge in [0.05, 0.1) is 30.3 Å². The lowest BCUT2D eigenvalue weighted by atomic mass is 9.99. The second-order valence-electron chi connectivity index (χ2n) is 9.07. The van der Waals surface area contributed by atoms with E-state index in [9.17, 15) is 13.6 Å². The van der Waals surface area contributed by atoms with Gasteiger partial charge in [0.25, 0.3) is 5.91 Å². The van der Waals surface area contributed by atoms with Crippen LogP contribution in [0, 0.1) is 24.6 Å². The molecule has 0 aliphatic carbocycles. The highest BCUT2D eigenvalue weighted by Gasteiger charge is 2.23. The zero-order valence-corrected chi connectivity index (χ0v) is 20.8. The normalized spacial score (nSPS) is 13.7. The van der Waals surface area contributed by atoms with E-state index in [0.717, 1.165) is 29.9 Å². The Morgan fingerprint density at radius 2 is 1.92 bits per heavy atom. The topological polar surface area (TPSA) is 67.4 Å². The van der Waals surface area contributed by atoms with Gasteiger partial charge in [0, 0.05) is 36.6 Å². The monoisotopic (exact) mass is 490 g/mol. The summed E-state index contributed by atoms with van der Waals surface area (Å²) in [6.07, 6.45) is 3.07. The maximum absolute atomic E-state index is 14.9. The minimum Gasteiger partial charge on any atom is -0.378 e. The number of nitrogens with one attached hydrogen (secondary N) is 1. The largest absolute Gasteiger partial charge is 0.378 e. The van der Waals surface area contributed by atoms with Crippen LogP contribution in [0.2, 0.25) is 0 Å². The zero-order valence-electron chi connectivity index (χ0n) is 20.8. The third kappa shape index (κ3) is 5.52. The van der Waals surface area contributed by atoms with Gasteiger partial charge in [-0.3, -0.25) is 9.78 Å². The molecular formula is C28H28F2N4O2. The fourth-order valence-electron chi connectivity index (χ4n) is 4.03. The quantitative estimate of drug-likeness (QED) is 0.495. The lowest BCUT2D eigenvalue weighted by molar-refractivity contribution is 0.102. The third-order valence-corrected chi connectivity index (χ3v) is 5.97. The van der Waals surface area contributed by atoms with Gasteiger partial charge < -0.3 is 15.0 Å². The number of alkyl halides is 1. The second-order valence-corrected chi connectivity index (χ2v) is 9.07. The number of benzene rings is 1. The van der Waals surface area contributed by atoms with Crippen molar-refractivity contribution >= 4 is 17.3 Å². The summed E-state index contributed by atoms with van der Waals surface area (Å²) in [7, 11) is 0. The van der Waals surface area contributed by atoms with Crippen molar-refractivity contribution in [3.8, 4) is 23.0 Å². The number of aromatic nitrogens is 2. The Bertz CT molecular complexity index is 1350. The Morgan fingerprint density at radius 3 is 2.61 bits per heavy atom. The van der Waals surface area contributed by atoms with E-state index in [1.165, 1.54) is 38.2 Å². The zero-order chi connectivity index (χ0) is 25.9. The van der Waals surface area contributed by atoms with E-state index in [4.69, 9.17) is 4.74 Å². The molecule has 0 radical (unpaired) electrons. The minimum absolute atomic E-state index is 0.0174. The number of morpholine rings is 1. The summed E-state index contributed by atoms with van der Waals surface area (Å²) in [5, 5.41) is 2.62. The Hall–Kier alpha value is -3.83. The van der Waals surface area contributed by atoms with Crippen LogP contribution in [0.15, 0.2) is 42.7 Å². The molecule has 1 aliphatic rings. The predicted molar refractivity (Wildman–Crippen MR) is 136 cm³/mol. The van der Waals surface area contributed by atoms with Gasteiger partial charge in [-0.15, -0.1) is 0 Å². The van der Waals surface area contributed by atoms with Crippen molar-refractivity contribution in [2.45, 2.75) is 33.4 Å². The van der Waals surface area contributed by atoms with Crippen molar-refractivity contribution in [1.29, 1.82) is 0 Å². The summed E-state index contributed by atoms with van der Waals surface area (Å²) in [5.74, 6) is 4.83. The SMILES string of the molecule is CC#Cc1ncc(-c2cc(NC(=O)c3ccnc(C(C)(C)F)c3)c(F)cc2C)cc1N1CCOCC1. The second kappa shape index (κ2) is 10.4. The molecule has 1 fully saturated rings. The number of aryl methyl sites for hydroxylation is 1. The van der Waals surface area contributed by atoms with Gasteiger partial charge in [-0.2, -0.15) is 0 Å². The minimum atomic E-state index is -1.71. The van der Waals surface area contributed by atoms with Crippen molar-refractivity contribution in [2.75, 3.05) is 36.5 Å². The lowest BCUT2D eigenvalue weighted by Gasteiger charge is -2.29. The van der Waals surface area contributed by atoms with E-state index in [2.05, 4.69) is 32.0 Å². The van der Waals surface area contributed by atoms with Crippen LogP contribution in [0.4, 0.5) is 20.2 Å². The van der Waals surface area contributed by atoms with Crippen molar-refractivity contribution in [3.05, 3.63) is 71.1 Å². The highest BCUT2D eigenvalue weighted by molar-refractivity contribution is 6.04. The molecular weight excluding hydrogens is 462 g/mol. The van der Waals surface area contributed by atoms with Gasteiger partial charge in [0.15, 0.2) is 0 Å². The third-order valence-electron chi connectivity index (χ3n) is 5.97. The van der Waals surface area contributed by atoms with Crippen LogP contribution in [0.5, 0.6) is 0 Å². The molecule has 8 heteroatoms. The number of carbonyl (C=O) groups is 1. The Labute approximate surface area is 209 Å². The first-order valence-electron chi connectivity index (χ1n) is 11.7. The number of nitrogens with zero attached hydrogens (tertiary/aromatic N) is 3. The molecule has 3 heterocycles. The van der Waals surface area contributed by atoms with Crippen molar-refractivity contribution in [1.82, 2.24) is 9.97 Å². The van der Waals surface area contributed by atoms with E-state index in [1.807, 2.05) is 6.07 Å². The van der Waals surface area contributed by atoms with Crippen LogP contribution < -0.4 is 10.2 Å². The molecule has 186 valence electrons. The molecule has 0 saturated carbocycles. The average molecular weight is 491 g/mol. The van der Waals surface area contributed by atoms with Crippen LogP contribution in [0.3, 0.4) is 0 Å². The number of hydrogen-bond acceptors (Lipinski definition) is 5. The fraction of sp³-hybridized carbons (Fsp3) is 0.321. The summed E-state index contributed by atoms with van der Waals surface area (Å²) in [5.41, 5.74) is 2.37. The van der Waals surface area contributed by atoms with Crippen LogP contribution in [-0.2, 0) is 10.4 Å². The van der Waals surface area contributed by atoms with Gasteiger partial charge >= 0.3 is 0 Å². The van der Waals surface area contributed by atoms with Crippen LogP contribution in [-0.4, -0.2) is 42.2 Å². The van der Waals surface area contributed by atoms with Crippen LogP contribution in [0.25, 0.3) is 11.1 Å². The Kier molecular flexibility index (Phi) is 7.32. The molecule has 1 N–H and O–H groups in total. The molecule has 0 atom stereocenters. The number of rotatable bonds is 5. The highest BCUT2D eigenvalue weighted by atomic mass is 19.1. The number of ether oxygens (including phenoxy) is 1. The molecule has 1 amide bonds. The summed E-state index contributed by atoms with van der Waals surface area (Å²) in [6.45, 7) is 8.96. The number of anilines is 2. The van der Waals surface area contributed by atoms with Crippen molar-refractivity contribution in [3.63, 3.8) is 0 Å². The molecule has 36 heavy (non-hydrogen) atoms. The van der Waals surface area contributed by atoms with Gasteiger partial charge in [0.2, 0.25) is 0 Å². The van der Waals surface area contributed by atoms with E-state index >= 15 is 0 Å². The summed E-state index contributed by atoms with van der Waals surface area (Å²) in [4.78, 5) is 23.6. The molecule has 0 spiro atoms. The van der Waals surface area contributed by atoms with E-state index < -0.39 is 17.4 Å². The van der Waals surface area contributed by atoms with Gasteiger partial charge in [-0.05, 0) is 75.1 Å². The van der Waals surface area contributed by atoms with Gasteiger partial charge in [0.1, 0.15) is 17.2 Å². The molecule has 3 aromatic rings. The van der Waals surface area contributed by atoms with Crippen molar-refractivity contribution < 1.29 is 18.3 Å². The molecule has 0 bridgehead atoms. The molecule has 6 nitrogen and oxygen atoms in total. The van der Waals surface area contributed by atoms with Crippen molar-refractivity contribution in [2.24, 2.45) is 0 Å².